The van der Waals surface area contributed by atoms with Crippen LogP contribution in [0.5, 0.6) is 0 Å². The predicted molar refractivity (Wildman–Crippen MR) is 110 cm³/mol. The fourth-order valence-corrected chi connectivity index (χ4v) is 3.04. The highest BCUT2D eigenvalue weighted by Gasteiger charge is 2.12. The third-order valence-electron chi connectivity index (χ3n) is 4.59. The van der Waals surface area contributed by atoms with Crippen LogP contribution in [0.25, 0.3) is 6.08 Å². The van der Waals surface area contributed by atoms with Gasteiger partial charge in [0.15, 0.2) is 0 Å². The van der Waals surface area contributed by atoms with Crippen LogP contribution in [-0.2, 0) is 20.9 Å². The highest BCUT2D eigenvalue weighted by Crippen LogP contribution is 2.20. The predicted octanol–water partition coefficient (Wildman–Crippen LogP) is 3.63. The van der Waals surface area contributed by atoms with Crippen LogP contribution in [0.2, 0.25) is 5.02 Å². The highest BCUT2D eigenvalue weighted by molar-refractivity contribution is 6.31. The molecule has 0 aliphatic heterocycles. The Morgan fingerprint density at radius 1 is 1.29 bits per heavy atom. The highest BCUT2D eigenvalue weighted by atomic mass is 35.5. The molecule has 1 aromatic carbocycles. The van der Waals surface area contributed by atoms with Crippen molar-refractivity contribution in [1.29, 1.82) is 0 Å². The Morgan fingerprint density at radius 3 is 2.68 bits per heavy atom. The Bertz CT molecular complexity index is 874. The quantitative estimate of drug-likeness (QED) is 0.498. The monoisotopic (exact) mass is 403 g/mol. The van der Waals surface area contributed by atoms with Crippen molar-refractivity contribution in [3.8, 4) is 0 Å². The lowest BCUT2D eigenvalue weighted by Crippen LogP contribution is -2.26. The number of rotatable bonds is 8. The van der Waals surface area contributed by atoms with Crippen molar-refractivity contribution < 1.29 is 14.3 Å². The zero-order valence-electron chi connectivity index (χ0n) is 16.7. The number of benzene rings is 1. The molecule has 0 unspecified atom stereocenters. The average Bonchev–Trinajstić information content (AvgIpc) is 2.94. The maximum Gasteiger partial charge on any atom is 0.305 e. The maximum atomic E-state index is 12.3. The number of aryl methyl sites for hydroxylation is 1. The molecule has 0 aliphatic carbocycles. The minimum Gasteiger partial charge on any atom is -0.469 e. The van der Waals surface area contributed by atoms with E-state index in [2.05, 4.69) is 9.84 Å². The SMILES string of the molecule is COC(=O)CCCN(C)C(=O)/C=C/c1c(C)nn(Cc2ccccc2Cl)c1C. The van der Waals surface area contributed by atoms with Gasteiger partial charge < -0.3 is 9.64 Å². The van der Waals surface area contributed by atoms with E-state index in [0.29, 0.717) is 31.0 Å². The molecular formula is C21H26ClN3O3. The number of carbonyl (C=O) groups excluding carboxylic acids is 2. The summed E-state index contributed by atoms with van der Waals surface area (Å²) in [4.78, 5) is 25.0. The Kier molecular flexibility index (Phi) is 7.81. The summed E-state index contributed by atoms with van der Waals surface area (Å²) in [7, 11) is 3.07. The molecule has 28 heavy (non-hydrogen) atoms. The number of amides is 1. The molecule has 7 heteroatoms. The van der Waals surface area contributed by atoms with E-state index in [1.54, 1.807) is 18.0 Å². The van der Waals surface area contributed by atoms with E-state index in [9.17, 15) is 9.59 Å². The molecule has 0 N–H and O–H groups in total. The van der Waals surface area contributed by atoms with E-state index in [1.807, 2.05) is 42.8 Å². The van der Waals surface area contributed by atoms with Crippen LogP contribution in [-0.4, -0.2) is 47.3 Å². The first-order valence-electron chi connectivity index (χ1n) is 9.11. The molecule has 0 radical (unpaired) electrons. The van der Waals surface area contributed by atoms with Crippen molar-refractivity contribution in [2.24, 2.45) is 0 Å². The Labute approximate surface area is 170 Å². The number of hydrogen-bond acceptors (Lipinski definition) is 4. The molecular weight excluding hydrogens is 378 g/mol. The second-order valence-electron chi connectivity index (χ2n) is 6.61. The molecule has 150 valence electrons. The largest absolute Gasteiger partial charge is 0.469 e. The lowest BCUT2D eigenvalue weighted by molar-refractivity contribution is -0.141. The van der Waals surface area contributed by atoms with Crippen LogP contribution in [0.1, 0.15) is 35.4 Å². The zero-order valence-corrected chi connectivity index (χ0v) is 17.5. The number of likely N-dealkylation sites (N-methyl/N-ethyl adjacent to an activating group) is 1. The van der Waals surface area contributed by atoms with Crippen LogP contribution in [0.15, 0.2) is 30.3 Å². The van der Waals surface area contributed by atoms with E-state index in [1.165, 1.54) is 13.2 Å². The standard InChI is InChI=1S/C21H26ClN3O3/c1-15-18(11-12-20(26)24(3)13-7-10-21(27)28-4)16(2)25(23-15)14-17-8-5-6-9-19(17)22/h5-6,8-9,11-12H,7,10,13-14H2,1-4H3/b12-11+. The van der Waals surface area contributed by atoms with Gasteiger partial charge in [0.1, 0.15) is 0 Å². The molecule has 0 aliphatic rings. The Morgan fingerprint density at radius 2 is 2.00 bits per heavy atom. The van der Waals surface area contributed by atoms with Gasteiger partial charge in [-0.2, -0.15) is 5.10 Å². The van der Waals surface area contributed by atoms with E-state index in [4.69, 9.17) is 11.6 Å². The van der Waals surface area contributed by atoms with Crippen LogP contribution >= 0.6 is 11.6 Å². The van der Waals surface area contributed by atoms with E-state index >= 15 is 0 Å². The van der Waals surface area contributed by atoms with Gasteiger partial charge in [-0.15, -0.1) is 0 Å². The fourth-order valence-electron chi connectivity index (χ4n) is 2.85. The average molecular weight is 404 g/mol. The minimum atomic E-state index is -0.270. The molecule has 1 amide bonds. The summed E-state index contributed by atoms with van der Waals surface area (Å²) in [6.07, 6.45) is 4.19. The minimum absolute atomic E-state index is 0.123. The molecule has 2 aromatic rings. The molecule has 1 heterocycles. The first-order chi connectivity index (χ1) is 13.3. The van der Waals surface area contributed by atoms with E-state index in [-0.39, 0.29) is 11.9 Å². The second kappa shape index (κ2) is 10.1. The zero-order chi connectivity index (χ0) is 20.7. The van der Waals surface area contributed by atoms with Gasteiger partial charge in [-0.25, -0.2) is 0 Å². The first kappa shape index (κ1) is 21.7. The molecule has 0 saturated carbocycles. The summed E-state index contributed by atoms with van der Waals surface area (Å²) in [6, 6.07) is 7.68. The summed E-state index contributed by atoms with van der Waals surface area (Å²) in [5, 5.41) is 5.28. The van der Waals surface area contributed by atoms with Gasteiger partial charge in [-0.05, 0) is 38.0 Å². The molecule has 6 nitrogen and oxygen atoms in total. The number of methoxy groups -OCH3 is 1. The van der Waals surface area contributed by atoms with Gasteiger partial charge in [-0.3, -0.25) is 14.3 Å². The van der Waals surface area contributed by atoms with Gasteiger partial charge in [-0.1, -0.05) is 29.8 Å². The lowest BCUT2D eigenvalue weighted by Gasteiger charge is -2.14. The number of esters is 1. The molecule has 0 fully saturated rings. The second-order valence-corrected chi connectivity index (χ2v) is 7.01. The lowest BCUT2D eigenvalue weighted by atomic mass is 10.1. The van der Waals surface area contributed by atoms with Gasteiger partial charge in [0.05, 0.1) is 19.3 Å². The van der Waals surface area contributed by atoms with Crippen molar-refractivity contribution in [2.75, 3.05) is 20.7 Å². The molecule has 0 bridgehead atoms. The summed E-state index contributed by atoms with van der Waals surface area (Å²) in [6.45, 7) is 4.95. The smallest absolute Gasteiger partial charge is 0.305 e. The van der Waals surface area contributed by atoms with Crippen molar-refractivity contribution in [3.63, 3.8) is 0 Å². The number of carbonyl (C=O) groups is 2. The summed E-state index contributed by atoms with van der Waals surface area (Å²) >= 11 is 6.25. The molecule has 0 spiro atoms. The number of aromatic nitrogens is 2. The van der Waals surface area contributed by atoms with E-state index in [0.717, 1.165) is 22.5 Å². The summed E-state index contributed by atoms with van der Waals surface area (Å²) in [5.74, 6) is -0.393. The van der Waals surface area contributed by atoms with Crippen molar-refractivity contribution in [3.05, 3.63) is 57.9 Å². The molecule has 0 saturated heterocycles. The number of hydrogen-bond donors (Lipinski definition) is 0. The summed E-state index contributed by atoms with van der Waals surface area (Å²) in [5.41, 5.74) is 3.73. The van der Waals surface area contributed by atoms with Crippen molar-refractivity contribution >= 4 is 29.6 Å². The van der Waals surface area contributed by atoms with Crippen LogP contribution in [0.3, 0.4) is 0 Å². The van der Waals surface area contributed by atoms with Crippen molar-refractivity contribution in [1.82, 2.24) is 14.7 Å². The van der Waals surface area contributed by atoms with Crippen LogP contribution in [0.4, 0.5) is 0 Å². The topological polar surface area (TPSA) is 64.4 Å². The number of nitrogens with zero attached hydrogens (tertiary/aromatic N) is 3. The van der Waals surface area contributed by atoms with E-state index < -0.39 is 0 Å². The third-order valence-corrected chi connectivity index (χ3v) is 4.96. The first-order valence-corrected chi connectivity index (χ1v) is 9.48. The Balaban J connectivity index is 2.03. The third kappa shape index (κ3) is 5.70. The van der Waals surface area contributed by atoms with Crippen LogP contribution in [0, 0.1) is 13.8 Å². The normalized spacial score (nSPS) is 11.0. The van der Waals surface area contributed by atoms with Gasteiger partial charge in [0.2, 0.25) is 5.91 Å². The molecule has 0 atom stereocenters. The van der Waals surface area contributed by atoms with Crippen LogP contribution < -0.4 is 0 Å². The fraction of sp³-hybridized carbons (Fsp3) is 0.381. The maximum absolute atomic E-state index is 12.3. The Hall–Kier alpha value is -2.60. The number of ether oxygens (including phenoxy) is 1. The van der Waals surface area contributed by atoms with Gasteiger partial charge in [0, 0.05) is 42.4 Å². The van der Waals surface area contributed by atoms with Crippen molar-refractivity contribution in [2.45, 2.75) is 33.2 Å². The summed E-state index contributed by atoms with van der Waals surface area (Å²) < 4.78 is 6.49. The molecule has 2 rings (SSSR count). The van der Waals surface area contributed by atoms with Gasteiger partial charge >= 0.3 is 5.97 Å². The number of halogens is 1. The van der Waals surface area contributed by atoms with Gasteiger partial charge in [0.25, 0.3) is 0 Å². The molecule has 1 aromatic heterocycles.